The molecule has 0 saturated heterocycles. The Hall–Kier alpha value is -2.22. The molecule has 1 aromatic carbocycles. The SMILES string of the molecule is CCOC(=O)c1cn(N(C)CCl)c2c(F)c(F)c(F)c(C)c2c1=O. The second-order valence-corrected chi connectivity index (χ2v) is 5.24. The number of esters is 1. The van der Waals surface area contributed by atoms with Crippen LogP contribution in [0, 0.1) is 24.4 Å². The number of benzene rings is 1. The van der Waals surface area contributed by atoms with Crippen LogP contribution in [0.2, 0.25) is 0 Å². The van der Waals surface area contributed by atoms with E-state index in [0.717, 1.165) is 17.8 Å². The van der Waals surface area contributed by atoms with Gasteiger partial charge >= 0.3 is 5.97 Å². The predicted molar refractivity (Wildman–Crippen MR) is 83.6 cm³/mol. The van der Waals surface area contributed by atoms with Crippen LogP contribution in [-0.4, -0.2) is 30.3 Å². The van der Waals surface area contributed by atoms with Crippen LogP contribution >= 0.6 is 11.6 Å². The van der Waals surface area contributed by atoms with Crippen molar-refractivity contribution in [1.82, 2.24) is 4.68 Å². The van der Waals surface area contributed by atoms with Crippen molar-refractivity contribution in [2.75, 3.05) is 24.7 Å². The lowest BCUT2D eigenvalue weighted by atomic mass is 10.0. The number of aryl methyl sites for hydroxylation is 1. The highest BCUT2D eigenvalue weighted by atomic mass is 35.5. The van der Waals surface area contributed by atoms with E-state index in [1.165, 1.54) is 12.1 Å². The normalized spacial score (nSPS) is 11.0. The Morgan fingerprint density at radius 2 is 1.92 bits per heavy atom. The second kappa shape index (κ2) is 6.72. The lowest BCUT2D eigenvalue weighted by Crippen LogP contribution is -2.33. The topological polar surface area (TPSA) is 51.5 Å². The number of carbonyl (C=O) groups is 1. The number of hydrogen-bond donors (Lipinski definition) is 0. The van der Waals surface area contributed by atoms with Gasteiger partial charge in [0.2, 0.25) is 5.43 Å². The molecular formula is C15H14ClF3N2O3. The summed E-state index contributed by atoms with van der Waals surface area (Å²) in [5, 5.41) is 0.764. The number of carbonyl (C=O) groups excluding carboxylic acids is 1. The molecule has 0 N–H and O–H groups in total. The van der Waals surface area contributed by atoms with E-state index in [1.807, 2.05) is 0 Å². The molecule has 2 rings (SSSR count). The van der Waals surface area contributed by atoms with Gasteiger partial charge in [0.15, 0.2) is 17.5 Å². The van der Waals surface area contributed by atoms with Crippen molar-refractivity contribution in [3.05, 3.63) is 45.0 Å². The van der Waals surface area contributed by atoms with E-state index in [4.69, 9.17) is 16.3 Å². The summed E-state index contributed by atoms with van der Waals surface area (Å²) < 4.78 is 47.7. The lowest BCUT2D eigenvalue weighted by Gasteiger charge is -2.23. The zero-order chi connectivity index (χ0) is 18.2. The fourth-order valence-corrected chi connectivity index (χ4v) is 2.43. The number of aromatic nitrogens is 1. The van der Waals surface area contributed by atoms with Gasteiger partial charge in [-0.25, -0.2) is 18.0 Å². The molecule has 0 unspecified atom stereocenters. The number of alkyl halides is 1. The van der Waals surface area contributed by atoms with Gasteiger partial charge in [0.25, 0.3) is 0 Å². The van der Waals surface area contributed by atoms with E-state index in [9.17, 15) is 22.8 Å². The second-order valence-electron chi connectivity index (χ2n) is 5.00. The maximum absolute atomic E-state index is 14.3. The van der Waals surface area contributed by atoms with Gasteiger partial charge in [-0.3, -0.25) is 9.47 Å². The molecular weight excluding hydrogens is 349 g/mol. The molecule has 0 aliphatic heterocycles. The monoisotopic (exact) mass is 362 g/mol. The first-order valence-electron chi connectivity index (χ1n) is 6.93. The summed E-state index contributed by atoms with van der Waals surface area (Å²) in [6.45, 7) is 2.68. The zero-order valence-corrected chi connectivity index (χ0v) is 13.9. The molecule has 130 valence electrons. The summed E-state index contributed by atoms with van der Waals surface area (Å²) in [5.41, 5.74) is -2.29. The molecule has 9 heteroatoms. The standard InChI is InChI=1S/C15H14ClF3N2O3/c1-4-24-15(23)8-5-21(20(3)6-16)13-9(14(8)22)7(2)10(17)11(18)12(13)19/h5H,4,6H2,1-3H3. The van der Waals surface area contributed by atoms with Crippen LogP contribution in [0.4, 0.5) is 13.2 Å². The molecule has 0 aliphatic rings. The van der Waals surface area contributed by atoms with Crippen molar-refractivity contribution in [2.45, 2.75) is 13.8 Å². The highest BCUT2D eigenvalue weighted by molar-refractivity contribution is 6.18. The Morgan fingerprint density at radius 1 is 1.29 bits per heavy atom. The van der Waals surface area contributed by atoms with Crippen LogP contribution in [0.3, 0.4) is 0 Å². The molecule has 5 nitrogen and oxygen atoms in total. The van der Waals surface area contributed by atoms with Crippen molar-refractivity contribution in [3.8, 4) is 0 Å². The van der Waals surface area contributed by atoms with Gasteiger partial charge in [-0.1, -0.05) is 0 Å². The molecule has 0 radical (unpaired) electrons. The van der Waals surface area contributed by atoms with Crippen LogP contribution in [0.15, 0.2) is 11.0 Å². The van der Waals surface area contributed by atoms with Gasteiger partial charge in [0, 0.05) is 18.8 Å². The molecule has 0 saturated carbocycles. The quantitative estimate of drug-likeness (QED) is 0.363. The van der Waals surface area contributed by atoms with Gasteiger partial charge in [-0.15, -0.1) is 11.6 Å². The van der Waals surface area contributed by atoms with E-state index in [1.54, 1.807) is 6.92 Å². The maximum atomic E-state index is 14.3. The van der Waals surface area contributed by atoms with Crippen LogP contribution < -0.4 is 10.4 Å². The van der Waals surface area contributed by atoms with Crippen molar-refractivity contribution in [1.29, 1.82) is 0 Å². The predicted octanol–water partition coefficient (Wildman–Crippen LogP) is 2.67. The third-order valence-corrected chi connectivity index (χ3v) is 3.87. The van der Waals surface area contributed by atoms with E-state index >= 15 is 0 Å². The average Bonchev–Trinajstić information content (AvgIpc) is 2.56. The fourth-order valence-electron chi connectivity index (χ4n) is 2.32. The van der Waals surface area contributed by atoms with Gasteiger partial charge in [-0.2, -0.15) is 0 Å². The lowest BCUT2D eigenvalue weighted by molar-refractivity contribution is 0.0524. The number of ether oxygens (including phenoxy) is 1. The minimum Gasteiger partial charge on any atom is -0.462 e. The molecule has 1 aromatic heterocycles. The summed E-state index contributed by atoms with van der Waals surface area (Å²) in [5.74, 6) is -5.69. The van der Waals surface area contributed by atoms with Crippen molar-refractivity contribution in [3.63, 3.8) is 0 Å². The van der Waals surface area contributed by atoms with Crippen molar-refractivity contribution >= 4 is 28.5 Å². The van der Waals surface area contributed by atoms with Crippen LogP contribution in [0.25, 0.3) is 10.9 Å². The zero-order valence-electron chi connectivity index (χ0n) is 13.1. The van der Waals surface area contributed by atoms with Crippen molar-refractivity contribution in [2.24, 2.45) is 0 Å². The summed E-state index contributed by atoms with van der Waals surface area (Å²) in [6.07, 6.45) is 0.991. The highest BCUT2D eigenvalue weighted by Gasteiger charge is 2.26. The summed E-state index contributed by atoms with van der Waals surface area (Å²) in [6, 6.07) is -0.169. The number of fused-ring (bicyclic) bond motifs is 1. The van der Waals surface area contributed by atoms with Crippen LogP contribution in [0.1, 0.15) is 22.8 Å². The largest absolute Gasteiger partial charge is 0.462 e. The Kier molecular flexibility index (Phi) is 5.08. The molecule has 1 heterocycles. The Labute approximate surface area is 140 Å². The van der Waals surface area contributed by atoms with Gasteiger partial charge in [0.05, 0.1) is 12.0 Å². The minimum atomic E-state index is -1.71. The number of nitrogens with zero attached hydrogens (tertiary/aromatic N) is 2. The smallest absolute Gasteiger partial charge is 0.343 e. The molecule has 0 amide bonds. The first-order chi connectivity index (χ1) is 11.3. The molecule has 0 spiro atoms. The number of hydrogen-bond acceptors (Lipinski definition) is 4. The number of halogens is 4. The Balaban J connectivity index is 3.05. The third kappa shape index (κ3) is 2.71. The first-order valence-corrected chi connectivity index (χ1v) is 7.46. The van der Waals surface area contributed by atoms with Gasteiger partial charge in [-0.05, 0) is 13.8 Å². The van der Waals surface area contributed by atoms with E-state index in [-0.39, 0.29) is 12.6 Å². The molecule has 24 heavy (non-hydrogen) atoms. The number of pyridine rings is 1. The third-order valence-electron chi connectivity index (χ3n) is 3.52. The highest BCUT2D eigenvalue weighted by Crippen LogP contribution is 2.26. The fraction of sp³-hybridized carbons (Fsp3) is 0.333. The van der Waals surface area contributed by atoms with E-state index in [0.29, 0.717) is 0 Å². The Morgan fingerprint density at radius 3 is 2.46 bits per heavy atom. The summed E-state index contributed by atoms with van der Waals surface area (Å²) in [4.78, 5) is 24.5. The van der Waals surface area contributed by atoms with E-state index in [2.05, 4.69) is 0 Å². The summed E-state index contributed by atoms with van der Waals surface area (Å²) in [7, 11) is 1.42. The molecule has 0 bridgehead atoms. The maximum Gasteiger partial charge on any atom is 0.343 e. The van der Waals surface area contributed by atoms with Crippen LogP contribution in [-0.2, 0) is 4.74 Å². The summed E-state index contributed by atoms with van der Waals surface area (Å²) >= 11 is 5.70. The Bertz CT molecular complexity index is 883. The van der Waals surface area contributed by atoms with E-state index < -0.39 is 50.9 Å². The molecule has 2 aromatic rings. The van der Waals surface area contributed by atoms with Gasteiger partial charge < -0.3 is 9.75 Å². The van der Waals surface area contributed by atoms with Crippen molar-refractivity contribution < 1.29 is 22.7 Å². The minimum absolute atomic E-state index is 0.00672. The molecule has 0 aliphatic carbocycles. The molecule has 0 fully saturated rings. The number of rotatable bonds is 4. The van der Waals surface area contributed by atoms with Crippen LogP contribution in [0.5, 0.6) is 0 Å². The average molecular weight is 363 g/mol. The molecule has 0 atom stereocenters. The van der Waals surface area contributed by atoms with Gasteiger partial charge in [0.1, 0.15) is 17.1 Å². The first kappa shape index (κ1) is 18.1.